The van der Waals surface area contributed by atoms with Crippen molar-refractivity contribution in [3.63, 3.8) is 0 Å². The third kappa shape index (κ3) is 2.86. The molecule has 4 rings (SSSR count). The van der Waals surface area contributed by atoms with Gasteiger partial charge < -0.3 is 14.3 Å². The Balaban J connectivity index is 1.66. The van der Waals surface area contributed by atoms with Crippen LogP contribution in [0.2, 0.25) is 0 Å². The molecule has 2 aromatic rings. The third-order valence-corrected chi connectivity index (χ3v) is 4.38. The van der Waals surface area contributed by atoms with E-state index in [4.69, 9.17) is 14.3 Å². The first-order valence-electron chi connectivity index (χ1n) is 8.30. The van der Waals surface area contributed by atoms with Crippen LogP contribution >= 0.6 is 0 Å². The summed E-state index contributed by atoms with van der Waals surface area (Å²) in [4.78, 5) is 9.96. The molecule has 0 saturated heterocycles. The molecule has 0 spiro atoms. The van der Waals surface area contributed by atoms with Crippen molar-refractivity contribution in [3.05, 3.63) is 59.4 Å². The Morgan fingerprint density at radius 2 is 2.08 bits per heavy atom. The van der Waals surface area contributed by atoms with Gasteiger partial charge in [0.2, 0.25) is 0 Å². The van der Waals surface area contributed by atoms with E-state index in [9.17, 15) is 0 Å². The molecule has 0 aliphatic carbocycles. The SMILES string of the molecule is COc1c(C2=NOC(c3ccccn3)C2)ccc2c1C=CC(C)(C)O2. The molecular formula is C20H20N2O3. The summed E-state index contributed by atoms with van der Waals surface area (Å²) in [7, 11) is 1.67. The van der Waals surface area contributed by atoms with Gasteiger partial charge in [0.05, 0.1) is 24.1 Å². The second-order valence-corrected chi connectivity index (χ2v) is 6.69. The van der Waals surface area contributed by atoms with Crippen molar-refractivity contribution in [1.29, 1.82) is 0 Å². The van der Waals surface area contributed by atoms with Crippen LogP contribution in [0.5, 0.6) is 11.5 Å². The molecule has 1 atom stereocenters. The molecule has 5 nitrogen and oxygen atoms in total. The fourth-order valence-corrected chi connectivity index (χ4v) is 3.14. The maximum Gasteiger partial charge on any atom is 0.174 e. The zero-order valence-corrected chi connectivity index (χ0v) is 14.5. The highest BCUT2D eigenvalue weighted by molar-refractivity contribution is 6.04. The Kier molecular flexibility index (Phi) is 3.71. The lowest BCUT2D eigenvalue weighted by Crippen LogP contribution is -2.27. The monoisotopic (exact) mass is 336 g/mol. The standard InChI is InChI=1S/C20H20N2O3/c1-20(2)10-9-14-17(24-20)8-7-13(19(14)23-3)16-12-18(25-22-16)15-6-4-5-11-21-15/h4-11,18H,12H2,1-3H3. The third-order valence-electron chi connectivity index (χ3n) is 4.38. The van der Waals surface area contributed by atoms with Crippen LogP contribution in [0.3, 0.4) is 0 Å². The fraction of sp³-hybridized carbons (Fsp3) is 0.300. The molecule has 1 aromatic carbocycles. The molecular weight excluding hydrogens is 316 g/mol. The zero-order valence-electron chi connectivity index (χ0n) is 14.5. The van der Waals surface area contributed by atoms with Crippen LogP contribution in [0, 0.1) is 0 Å². The molecule has 128 valence electrons. The first kappa shape index (κ1) is 15.7. The Hall–Kier alpha value is -2.82. The van der Waals surface area contributed by atoms with E-state index >= 15 is 0 Å². The first-order valence-corrected chi connectivity index (χ1v) is 8.30. The normalized spacial score (nSPS) is 20.3. The average molecular weight is 336 g/mol. The molecule has 25 heavy (non-hydrogen) atoms. The summed E-state index contributed by atoms with van der Waals surface area (Å²) in [5, 5.41) is 4.28. The van der Waals surface area contributed by atoms with Crippen molar-refractivity contribution in [2.24, 2.45) is 5.16 Å². The van der Waals surface area contributed by atoms with Crippen molar-refractivity contribution in [1.82, 2.24) is 4.98 Å². The fourth-order valence-electron chi connectivity index (χ4n) is 3.14. The minimum Gasteiger partial charge on any atom is -0.495 e. The number of pyridine rings is 1. The number of methoxy groups -OCH3 is 1. The molecule has 0 N–H and O–H groups in total. The number of aromatic nitrogens is 1. The number of benzene rings is 1. The minimum absolute atomic E-state index is 0.164. The van der Waals surface area contributed by atoms with Crippen LogP contribution < -0.4 is 9.47 Å². The van der Waals surface area contributed by atoms with Gasteiger partial charge in [-0.2, -0.15) is 0 Å². The second-order valence-electron chi connectivity index (χ2n) is 6.69. The van der Waals surface area contributed by atoms with Crippen LogP contribution in [0.25, 0.3) is 6.08 Å². The molecule has 1 aromatic heterocycles. The summed E-state index contributed by atoms with van der Waals surface area (Å²) in [6.07, 6.45) is 6.34. The van der Waals surface area contributed by atoms with Crippen LogP contribution in [0.1, 0.15) is 43.2 Å². The van der Waals surface area contributed by atoms with Crippen LogP contribution in [-0.2, 0) is 4.84 Å². The van der Waals surface area contributed by atoms with Crippen molar-refractivity contribution < 1.29 is 14.3 Å². The molecule has 5 heteroatoms. The summed E-state index contributed by atoms with van der Waals surface area (Å²) in [5.74, 6) is 1.57. The molecule has 2 aliphatic heterocycles. The smallest absolute Gasteiger partial charge is 0.174 e. The number of hydrogen-bond acceptors (Lipinski definition) is 5. The number of nitrogens with zero attached hydrogens (tertiary/aromatic N) is 2. The van der Waals surface area contributed by atoms with Gasteiger partial charge in [0.25, 0.3) is 0 Å². The van der Waals surface area contributed by atoms with Crippen molar-refractivity contribution in [2.75, 3.05) is 7.11 Å². The van der Waals surface area contributed by atoms with E-state index in [0.29, 0.717) is 6.42 Å². The summed E-state index contributed by atoms with van der Waals surface area (Å²) >= 11 is 0. The number of rotatable bonds is 3. The topological polar surface area (TPSA) is 52.9 Å². The molecule has 0 bridgehead atoms. The molecule has 3 heterocycles. The number of hydrogen-bond donors (Lipinski definition) is 0. The predicted molar refractivity (Wildman–Crippen MR) is 96.0 cm³/mol. The van der Waals surface area contributed by atoms with E-state index in [0.717, 1.165) is 34.0 Å². The number of ether oxygens (including phenoxy) is 2. The molecule has 0 radical (unpaired) electrons. The highest BCUT2D eigenvalue weighted by atomic mass is 16.6. The van der Waals surface area contributed by atoms with Crippen LogP contribution in [0.15, 0.2) is 47.8 Å². The molecule has 0 saturated carbocycles. The van der Waals surface area contributed by atoms with E-state index in [2.05, 4.69) is 10.1 Å². The lowest BCUT2D eigenvalue weighted by molar-refractivity contribution is 0.0826. The highest BCUT2D eigenvalue weighted by Gasteiger charge is 2.30. The number of oxime groups is 1. The first-order chi connectivity index (χ1) is 12.1. The maximum absolute atomic E-state index is 6.02. The van der Waals surface area contributed by atoms with Gasteiger partial charge in [-0.1, -0.05) is 11.2 Å². The van der Waals surface area contributed by atoms with Gasteiger partial charge in [-0.25, -0.2) is 0 Å². The second kappa shape index (κ2) is 5.92. The van der Waals surface area contributed by atoms with Gasteiger partial charge in [0.1, 0.15) is 17.1 Å². The largest absolute Gasteiger partial charge is 0.495 e. The Bertz CT molecular complexity index is 857. The highest BCUT2D eigenvalue weighted by Crippen LogP contribution is 2.41. The van der Waals surface area contributed by atoms with E-state index < -0.39 is 0 Å². The predicted octanol–water partition coefficient (Wildman–Crippen LogP) is 4.14. The van der Waals surface area contributed by atoms with Gasteiger partial charge in [-0.15, -0.1) is 0 Å². The Morgan fingerprint density at radius 1 is 1.20 bits per heavy atom. The van der Waals surface area contributed by atoms with Gasteiger partial charge in [0, 0.05) is 18.2 Å². The Labute approximate surface area is 146 Å². The summed E-state index contributed by atoms with van der Waals surface area (Å²) < 4.78 is 11.7. The van der Waals surface area contributed by atoms with Gasteiger partial charge in [0.15, 0.2) is 6.10 Å². The molecule has 1 unspecified atom stereocenters. The zero-order chi connectivity index (χ0) is 17.4. The lowest BCUT2D eigenvalue weighted by Gasteiger charge is -2.29. The lowest BCUT2D eigenvalue weighted by atomic mass is 9.96. The van der Waals surface area contributed by atoms with E-state index in [1.165, 1.54) is 0 Å². The van der Waals surface area contributed by atoms with Crippen molar-refractivity contribution in [2.45, 2.75) is 32.0 Å². The van der Waals surface area contributed by atoms with E-state index in [1.54, 1.807) is 13.3 Å². The van der Waals surface area contributed by atoms with Crippen LogP contribution in [0.4, 0.5) is 0 Å². The Morgan fingerprint density at radius 3 is 2.84 bits per heavy atom. The van der Waals surface area contributed by atoms with Gasteiger partial charge in [-0.05, 0) is 50.3 Å². The van der Waals surface area contributed by atoms with Crippen molar-refractivity contribution in [3.8, 4) is 11.5 Å². The molecule has 0 amide bonds. The van der Waals surface area contributed by atoms with Gasteiger partial charge >= 0.3 is 0 Å². The average Bonchev–Trinajstić information content (AvgIpc) is 3.10. The summed E-state index contributed by atoms with van der Waals surface area (Å²) in [6.45, 7) is 4.05. The summed E-state index contributed by atoms with van der Waals surface area (Å²) in [6, 6.07) is 9.74. The maximum atomic E-state index is 6.02. The minimum atomic E-state index is -0.322. The molecule has 0 fully saturated rings. The molecule has 2 aliphatic rings. The van der Waals surface area contributed by atoms with E-state index in [1.807, 2.05) is 56.3 Å². The quantitative estimate of drug-likeness (QED) is 0.845. The van der Waals surface area contributed by atoms with E-state index in [-0.39, 0.29) is 11.7 Å². The van der Waals surface area contributed by atoms with Crippen LogP contribution in [-0.4, -0.2) is 23.4 Å². The summed E-state index contributed by atoms with van der Waals surface area (Å²) in [5.41, 5.74) is 3.27. The van der Waals surface area contributed by atoms with Gasteiger partial charge in [-0.3, -0.25) is 4.98 Å². The number of fused-ring (bicyclic) bond motifs is 1. The van der Waals surface area contributed by atoms with Crippen molar-refractivity contribution >= 4 is 11.8 Å².